The SMILES string of the molecule is Cc1cccc(NC(=O)CSc2n[nH]c([C@H](NC(=O)c3ccc(Cl)cc3Cl)C(C)C)n2)c1. The second-order valence-corrected chi connectivity index (χ2v) is 9.32. The average Bonchev–Trinajstić information content (AvgIpc) is 3.18. The lowest BCUT2D eigenvalue weighted by molar-refractivity contribution is -0.113. The number of hydrogen-bond acceptors (Lipinski definition) is 5. The summed E-state index contributed by atoms with van der Waals surface area (Å²) in [5, 5.41) is 14.0. The van der Waals surface area contributed by atoms with Gasteiger partial charge in [0.05, 0.1) is 22.4 Å². The van der Waals surface area contributed by atoms with E-state index in [9.17, 15) is 9.59 Å². The molecule has 0 unspecified atom stereocenters. The summed E-state index contributed by atoms with van der Waals surface area (Å²) >= 11 is 13.3. The Hall–Kier alpha value is -2.55. The van der Waals surface area contributed by atoms with E-state index in [2.05, 4.69) is 25.8 Å². The molecular weight excluding hydrogens is 469 g/mol. The Morgan fingerprint density at radius 3 is 2.62 bits per heavy atom. The predicted molar refractivity (Wildman–Crippen MR) is 128 cm³/mol. The third-order valence-electron chi connectivity index (χ3n) is 4.54. The fourth-order valence-corrected chi connectivity index (χ4v) is 4.05. The molecule has 0 aliphatic carbocycles. The number of amides is 2. The topological polar surface area (TPSA) is 99.8 Å². The van der Waals surface area contributed by atoms with Gasteiger partial charge < -0.3 is 10.6 Å². The first-order chi connectivity index (χ1) is 15.2. The van der Waals surface area contributed by atoms with Gasteiger partial charge >= 0.3 is 0 Å². The molecule has 1 heterocycles. The van der Waals surface area contributed by atoms with Gasteiger partial charge in [-0.2, -0.15) is 0 Å². The Morgan fingerprint density at radius 2 is 1.94 bits per heavy atom. The Kier molecular flexibility index (Phi) is 8.17. The van der Waals surface area contributed by atoms with Gasteiger partial charge in [0.1, 0.15) is 5.82 Å². The maximum absolute atomic E-state index is 12.7. The van der Waals surface area contributed by atoms with Gasteiger partial charge in [0, 0.05) is 10.7 Å². The van der Waals surface area contributed by atoms with Crippen molar-refractivity contribution in [1.29, 1.82) is 0 Å². The van der Waals surface area contributed by atoms with Crippen LogP contribution in [0, 0.1) is 12.8 Å². The second-order valence-electron chi connectivity index (χ2n) is 7.53. The van der Waals surface area contributed by atoms with Gasteiger partial charge in [0.15, 0.2) is 0 Å². The van der Waals surface area contributed by atoms with Crippen LogP contribution in [0.15, 0.2) is 47.6 Å². The molecule has 0 saturated heterocycles. The summed E-state index contributed by atoms with van der Waals surface area (Å²) in [5.41, 5.74) is 2.13. The maximum atomic E-state index is 12.7. The molecule has 0 spiro atoms. The van der Waals surface area contributed by atoms with E-state index in [-0.39, 0.29) is 28.5 Å². The van der Waals surface area contributed by atoms with Crippen molar-refractivity contribution in [1.82, 2.24) is 20.5 Å². The van der Waals surface area contributed by atoms with Gasteiger partial charge in [-0.05, 0) is 48.7 Å². The van der Waals surface area contributed by atoms with Crippen molar-refractivity contribution >= 4 is 52.5 Å². The lowest BCUT2D eigenvalue weighted by Gasteiger charge is -2.20. The third-order valence-corrected chi connectivity index (χ3v) is 5.94. The number of aromatic nitrogens is 3. The van der Waals surface area contributed by atoms with Crippen LogP contribution >= 0.6 is 35.0 Å². The molecule has 0 aliphatic heterocycles. The van der Waals surface area contributed by atoms with E-state index in [1.54, 1.807) is 12.1 Å². The van der Waals surface area contributed by atoms with E-state index in [4.69, 9.17) is 23.2 Å². The Labute approximate surface area is 200 Å². The summed E-state index contributed by atoms with van der Waals surface area (Å²) in [7, 11) is 0. The Morgan fingerprint density at radius 1 is 1.16 bits per heavy atom. The number of rotatable bonds is 8. The highest BCUT2D eigenvalue weighted by atomic mass is 35.5. The molecule has 3 aromatic rings. The molecule has 0 fully saturated rings. The molecule has 0 radical (unpaired) electrons. The van der Waals surface area contributed by atoms with Crippen LogP contribution in [0.5, 0.6) is 0 Å². The first-order valence-corrected chi connectivity index (χ1v) is 11.6. The van der Waals surface area contributed by atoms with Gasteiger partial charge in [0.25, 0.3) is 5.91 Å². The molecule has 3 N–H and O–H groups in total. The zero-order chi connectivity index (χ0) is 23.3. The number of aromatic amines is 1. The largest absolute Gasteiger partial charge is 0.342 e. The molecule has 0 aliphatic rings. The number of hydrogen-bond donors (Lipinski definition) is 3. The van der Waals surface area contributed by atoms with E-state index < -0.39 is 6.04 Å². The molecule has 32 heavy (non-hydrogen) atoms. The van der Waals surface area contributed by atoms with Crippen LogP contribution in [-0.2, 0) is 4.79 Å². The van der Waals surface area contributed by atoms with E-state index in [0.717, 1.165) is 11.3 Å². The third kappa shape index (κ3) is 6.48. The van der Waals surface area contributed by atoms with Crippen LogP contribution in [0.4, 0.5) is 5.69 Å². The number of H-pyrrole nitrogens is 1. The molecule has 1 atom stereocenters. The predicted octanol–water partition coefficient (Wildman–Crippen LogP) is 5.28. The number of anilines is 1. The first-order valence-electron chi connectivity index (χ1n) is 9.90. The minimum absolute atomic E-state index is 0.0282. The minimum atomic E-state index is -0.419. The van der Waals surface area contributed by atoms with E-state index >= 15 is 0 Å². The quantitative estimate of drug-likeness (QED) is 0.372. The normalized spacial score (nSPS) is 11.9. The molecule has 0 saturated carbocycles. The van der Waals surface area contributed by atoms with Gasteiger partial charge in [0.2, 0.25) is 11.1 Å². The number of halogens is 2. The second kappa shape index (κ2) is 10.8. The van der Waals surface area contributed by atoms with Crippen LogP contribution in [0.3, 0.4) is 0 Å². The van der Waals surface area contributed by atoms with E-state index in [1.165, 1.54) is 17.8 Å². The Balaban J connectivity index is 1.62. The smallest absolute Gasteiger partial charge is 0.253 e. The van der Waals surface area contributed by atoms with Crippen LogP contribution < -0.4 is 10.6 Å². The molecule has 2 amide bonds. The number of benzene rings is 2. The van der Waals surface area contributed by atoms with E-state index in [0.29, 0.717) is 21.6 Å². The summed E-state index contributed by atoms with van der Waals surface area (Å²) in [5.74, 6) is 0.191. The van der Waals surface area contributed by atoms with Crippen molar-refractivity contribution in [3.63, 3.8) is 0 Å². The highest BCUT2D eigenvalue weighted by Crippen LogP contribution is 2.25. The molecular formula is C22H23Cl2N5O2S. The van der Waals surface area contributed by atoms with Crippen LogP contribution in [-0.4, -0.2) is 32.7 Å². The summed E-state index contributed by atoms with van der Waals surface area (Å²) in [4.78, 5) is 29.4. The zero-order valence-electron chi connectivity index (χ0n) is 17.8. The molecule has 168 valence electrons. The number of thioether (sulfide) groups is 1. The lowest BCUT2D eigenvalue weighted by Crippen LogP contribution is -2.32. The average molecular weight is 492 g/mol. The van der Waals surface area contributed by atoms with Crippen molar-refractivity contribution in [2.45, 2.75) is 32.0 Å². The van der Waals surface area contributed by atoms with Crippen molar-refractivity contribution in [2.75, 3.05) is 11.1 Å². The van der Waals surface area contributed by atoms with Crippen molar-refractivity contribution in [3.05, 3.63) is 69.5 Å². The fourth-order valence-electron chi connectivity index (χ4n) is 2.96. The van der Waals surface area contributed by atoms with Crippen molar-refractivity contribution in [2.24, 2.45) is 5.92 Å². The maximum Gasteiger partial charge on any atom is 0.253 e. The highest BCUT2D eigenvalue weighted by Gasteiger charge is 2.24. The summed E-state index contributed by atoms with van der Waals surface area (Å²) in [6, 6.07) is 11.9. The number of aryl methyl sites for hydroxylation is 1. The van der Waals surface area contributed by atoms with Crippen molar-refractivity contribution < 1.29 is 9.59 Å². The number of carbonyl (C=O) groups is 2. The summed E-state index contributed by atoms with van der Waals surface area (Å²) in [6.07, 6.45) is 0. The standard InChI is InChI=1S/C22H23Cl2N5O2S/c1-12(2)19(26-21(31)16-8-7-14(23)10-17(16)24)20-27-22(29-28-20)32-11-18(30)25-15-6-4-5-13(3)9-15/h4-10,12,19H,11H2,1-3H3,(H,25,30)(H,26,31)(H,27,28,29)/t19-/m1/s1. The molecule has 7 nitrogen and oxygen atoms in total. The zero-order valence-corrected chi connectivity index (χ0v) is 20.1. The lowest BCUT2D eigenvalue weighted by atomic mass is 10.0. The highest BCUT2D eigenvalue weighted by molar-refractivity contribution is 7.99. The number of carbonyl (C=O) groups excluding carboxylic acids is 2. The Bertz CT molecular complexity index is 1120. The molecule has 3 rings (SSSR count). The molecule has 0 bridgehead atoms. The molecule has 1 aromatic heterocycles. The number of nitrogens with one attached hydrogen (secondary N) is 3. The van der Waals surface area contributed by atoms with Gasteiger partial charge in [-0.1, -0.05) is 60.9 Å². The monoisotopic (exact) mass is 491 g/mol. The first kappa shape index (κ1) is 24.1. The molecule has 2 aromatic carbocycles. The van der Waals surface area contributed by atoms with Gasteiger partial charge in [-0.15, -0.1) is 5.10 Å². The van der Waals surface area contributed by atoms with E-state index in [1.807, 2.05) is 45.0 Å². The summed E-state index contributed by atoms with van der Waals surface area (Å²) < 4.78 is 0. The van der Waals surface area contributed by atoms with Crippen LogP contribution in [0.25, 0.3) is 0 Å². The van der Waals surface area contributed by atoms with Crippen molar-refractivity contribution in [3.8, 4) is 0 Å². The number of nitrogens with zero attached hydrogens (tertiary/aromatic N) is 2. The fraction of sp³-hybridized carbons (Fsp3) is 0.273. The molecule has 10 heteroatoms. The minimum Gasteiger partial charge on any atom is -0.342 e. The van der Waals surface area contributed by atoms with Crippen LogP contribution in [0.2, 0.25) is 10.0 Å². The summed E-state index contributed by atoms with van der Waals surface area (Å²) in [6.45, 7) is 5.88. The van der Waals surface area contributed by atoms with Gasteiger partial charge in [-0.25, -0.2) is 4.98 Å². The van der Waals surface area contributed by atoms with Crippen LogP contribution in [0.1, 0.15) is 41.6 Å². The van der Waals surface area contributed by atoms with Gasteiger partial charge in [-0.3, -0.25) is 14.7 Å².